The lowest BCUT2D eigenvalue weighted by Crippen LogP contribution is -2.38. The van der Waals surface area contributed by atoms with Gasteiger partial charge in [0, 0.05) is 5.69 Å². The maximum absolute atomic E-state index is 12.3. The summed E-state index contributed by atoms with van der Waals surface area (Å²) in [5, 5.41) is 16.6. The van der Waals surface area contributed by atoms with Gasteiger partial charge in [-0.2, -0.15) is 5.10 Å². The molecule has 5 heteroatoms. The number of aliphatic hydroxyl groups is 1. The average Bonchev–Trinajstić information content (AvgIpc) is 2.89. The minimum atomic E-state index is -0.252. The summed E-state index contributed by atoms with van der Waals surface area (Å²) in [7, 11) is 0. The van der Waals surface area contributed by atoms with Crippen molar-refractivity contribution in [2.75, 3.05) is 6.61 Å². The van der Waals surface area contributed by atoms with Crippen LogP contribution in [-0.2, 0) is 0 Å². The Hall–Kier alpha value is -2.14. The molecule has 0 bridgehead atoms. The number of aromatic nitrogens is 2. The summed E-state index contributed by atoms with van der Waals surface area (Å²) in [4.78, 5) is 12.3. The van der Waals surface area contributed by atoms with Gasteiger partial charge in [-0.1, -0.05) is 32.0 Å². The van der Waals surface area contributed by atoms with E-state index < -0.39 is 0 Å². The number of hydrogen-bond donors (Lipinski definition) is 2. The monoisotopic (exact) mass is 301 g/mol. The van der Waals surface area contributed by atoms with E-state index in [1.54, 1.807) is 10.7 Å². The molecular weight excluding hydrogens is 278 g/mol. The molecule has 118 valence electrons. The lowest BCUT2D eigenvalue weighted by molar-refractivity contribution is 0.0903. The summed E-state index contributed by atoms with van der Waals surface area (Å²) < 4.78 is 1.74. The second-order valence-corrected chi connectivity index (χ2v) is 5.90. The van der Waals surface area contributed by atoms with Gasteiger partial charge >= 0.3 is 0 Å². The van der Waals surface area contributed by atoms with E-state index in [4.69, 9.17) is 0 Å². The highest BCUT2D eigenvalue weighted by molar-refractivity contribution is 5.92. The molecular formula is C17H23N3O2. The molecule has 1 heterocycles. The number of carbonyl (C=O) groups excluding carboxylic acids is 1. The van der Waals surface area contributed by atoms with E-state index in [0.29, 0.717) is 11.6 Å². The predicted octanol–water partition coefficient (Wildman–Crippen LogP) is 2.32. The summed E-state index contributed by atoms with van der Waals surface area (Å²) in [6, 6.07) is 11.2. The second kappa shape index (κ2) is 7.22. The number of amides is 1. The smallest absolute Gasteiger partial charge is 0.272 e. The van der Waals surface area contributed by atoms with Gasteiger partial charge in [-0.05, 0) is 37.5 Å². The molecule has 0 aliphatic rings. The maximum Gasteiger partial charge on any atom is 0.272 e. The first kappa shape index (κ1) is 16.2. The molecule has 0 aliphatic carbocycles. The number of hydrogen-bond acceptors (Lipinski definition) is 3. The van der Waals surface area contributed by atoms with Gasteiger partial charge in [0.05, 0.1) is 18.3 Å². The number of rotatable bonds is 6. The molecule has 0 saturated heterocycles. The average molecular weight is 301 g/mol. The number of nitrogens with one attached hydrogen (secondary N) is 1. The van der Waals surface area contributed by atoms with Crippen molar-refractivity contribution in [1.82, 2.24) is 15.1 Å². The summed E-state index contributed by atoms with van der Waals surface area (Å²) in [5.74, 6) is 0.151. The standard InChI is InChI=1S/C17H23N3O2/c1-12(2)9-14(11-21)18-17(22)16-10-13(3)20(19-16)15-7-5-4-6-8-15/h4-8,10,12,14,21H,9,11H2,1-3H3,(H,18,22). The van der Waals surface area contributed by atoms with Crippen molar-refractivity contribution in [2.45, 2.75) is 33.2 Å². The molecule has 1 aromatic carbocycles. The first-order valence-electron chi connectivity index (χ1n) is 7.55. The van der Waals surface area contributed by atoms with E-state index >= 15 is 0 Å². The first-order valence-corrected chi connectivity index (χ1v) is 7.55. The SMILES string of the molecule is Cc1cc(C(=O)NC(CO)CC(C)C)nn1-c1ccccc1. The summed E-state index contributed by atoms with van der Waals surface area (Å²) >= 11 is 0. The second-order valence-electron chi connectivity index (χ2n) is 5.90. The minimum absolute atomic E-state index is 0.0672. The molecule has 2 N–H and O–H groups in total. The molecule has 1 aromatic heterocycles. The maximum atomic E-state index is 12.3. The van der Waals surface area contributed by atoms with Crippen LogP contribution in [0.1, 0.15) is 36.5 Å². The van der Waals surface area contributed by atoms with Crippen molar-refractivity contribution in [3.63, 3.8) is 0 Å². The zero-order valence-electron chi connectivity index (χ0n) is 13.3. The predicted molar refractivity (Wildman–Crippen MR) is 86.1 cm³/mol. The van der Waals surface area contributed by atoms with Crippen LogP contribution in [0.25, 0.3) is 5.69 Å². The summed E-state index contributed by atoms with van der Waals surface area (Å²) in [6.07, 6.45) is 0.737. The van der Waals surface area contributed by atoms with E-state index in [-0.39, 0.29) is 18.6 Å². The molecule has 2 aromatic rings. The Balaban J connectivity index is 2.14. The third kappa shape index (κ3) is 3.95. The molecule has 0 aliphatic heterocycles. The summed E-state index contributed by atoms with van der Waals surface area (Å²) in [6.45, 7) is 5.96. The number of para-hydroxylation sites is 1. The highest BCUT2D eigenvalue weighted by Gasteiger charge is 2.17. The molecule has 0 fully saturated rings. The fraction of sp³-hybridized carbons (Fsp3) is 0.412. The lowest BCUT2D eigenvalue weighted by Gasteiger charge is -2.17. The molecule has 5 nitrogen and oxygen atoms in total. The van der Waals surface area contributed by atoms with Crippen molar-refractivity contribution in [1.29, 1.82) is 0 Å². The van der Waals surface area contributed by atoms with Crippen molar-refractivity contribution in [2.24, 2.45) is 5.92 Å². The molecule has 22 heavy (non-hydrogen) atoms. The quantitative estimate of drug-likeness (QED) is 0.860. The minimum Gasteiger partial charge on any atom is -0.394 e. The highest BCUT2D eigenvalue weighted by atomic mass is 16.3. The molecule has 0 spiro atoms. The van der Waals surface area contributed by atoms with E-state index in [1.807, 2.05) is 37.3 Å². The Morgan fingerprint density at radius 1 is 1.32 bits per heavy atom. The molecule has 1 unspecified atom stereocenters. The molecule has 1 atom stereocenters. The Bertz CT molecular complexity index is 620. The number of benzene rings is 1. The van der Waals surface area contributed by atoms with Crippen molar-refractivity contribution in [3.05, 3.63) is 47.8 Å². The fourth-order valence-corrected chi connectivity index (χ4v) is 2.42. The van der Waals surface area contributed by atoms with Crippen LogP contribution in [0, 0.1) is 12.8 Å². The van der Waals surface area contributed by atoms with Crippen LogP contribution in [0.2, 0.25) is 0 Å². The van der Waals surface area contributed by atoms with Gasteiger partial charge in [0.1, 0.15) is 0 Å². The lowest BCUT2D eigenvalue weighted by atomic mass is 10.0. The third-order valence-electron chi connectivity index (χ3n) is 3.43. The third-order valence-corrected chi connectivity index (χ3v) is 3.43. The Kier molecular flexibility index (Phi) is 5.33. The molecule has 2 rings (SSSR count). The highest BCUT2D eigenvalue weighted by Crippen LogP contribution is 2.12. The Morgan fingerprint density at radius 2 is 2.00 bits per heavy atom. The Labute approximate surface area is 131 Å². The van der Waals surface area contributed by atoms with Crippen LogP contribution in [0.15, 0.2) is 36.4 Å². The number of nitrogens with zero attached hydrogens (tertiary/aromatic N) is 2. The van der Waals surface area contributed by atoms with Crippen LogP contribution >= 0.6 is 0 Å². The van der Waals surface area contributed by atoms with Crippen LogP contribution in [0.5, 0.6) is 0 Å². The van der Waals surface area contributed by atoms with Gasteiger partial charge in [-0.25, -0.2) is 4.68 Å². The van der Waals surface area contributed by atoms with Gasteiger partial charge in [0.15, 0.2) is 5.69 Å². The summed E-state index contributed by atoms with van der Waals surface area (Å²) in [5.41, 5.74) is 2.17. The first-order chi connectivity index (χ1) is 10.5. The van der Waals surface area contributed by atoms with Crippen LogP contribution in [0.4, 0.5) is 0 Å². The van der Waals surface area contributed by atoms with E-state index in [2.05, 4.69) is 24.3 Å². The zero-order valence-corrected chi connectivity index (χ0v) is 13.3. The van der Waals surface area contributed by atoms with Gasteiger partial charge in [-0.3, -0.25) is 4.79 Å². The van der Waals surface area contributed by atoms with E-state index in [1.165, 1.54) is 0 Å². The van der Waals surface area contributed by atoms with Gasteiger partial charge in [-0.15, -0.1) is 0 Å². The molecule has 1 amide bonds. The molecule has 0 saturated carbocycles. The van der Waals surface area contributed by atoms with Crippen LogP contribution in [-0.4, -0.2) is 33.4 Å². The topological polar surface area (TPSA) is 67.2 Å². The van der Waals surface area contributed by atoms with Crippen LogP contribution in [0.3, 0.4) is 0 Å². The van der Waals surface area contributed by atoms with E-state index in [9.17, 15) is 9.90 Å². The normalized spacial score (nSPS) is 12.4. The van der Waals surface area contributed by atoms with Gasteiger partial charge < -0.3 is 10.4 Å². The largest absolute Gasteiger partial charge is 0.394 e. The van der Waals surface area contributed by atoms with Gasteiger partial charge in [0.2, 0.25) is 0 Å². The number of carbonyl (C=O) groups is 1. The van der Waals surface area contributed by atoms with Crippen LogP contribution < -0.4 is 5.32 Å². The number of aryl methyl sites for hydroxylation is 1. The van der Waals surface area contributed by atoms with Crippen molar-refractivity contribution < 1.29 is 9.90 Å². The van der Waals surface area contributed by atoms with E-state index in [0.717, 1.165) is 17.8 Å². The van der Waals surface area contributed by atoms with Crippen molar-refractivity contribution in [3.8, 4) is 5.69 Å². The fourth-order valence-electron chi connectivity index (χ4n) is 2.42. The number of aliphatic hydroxyl groups excluding tert-OH is 1. The van der Waals surface area contributed by atoms with Crippen molar-refractivity contribution >= 4 is 5.91 Å². The molecule has 0 radical (unpaired) electrons. The zero-order chi connectivity index (χ0) is 16.1. The van der Waals surface area contributed by atoms with Gasteiger partial charge in [0.25, 0.3) is 5.91 Å². The Morgan fingerprint density at radius 3 is 2.59 bits per heavy atom.